The van der Waals surface area contributed by atoms with E-state index in [1.54, 1.807) is 0 Å². The average molecular weight is 411 g/mol. The van der Waals surface area contributed by atoms with Crippen LogP contribution in [0.4, 0.5) is 0 Å². The van der Waals surface area contributed by atoms with Crippen molar-refractivity contribution in [3.63, 3.8) is 0 Å². The molecule has 1 aliphatic rings. The summed E-state index contributed by atoms with van der Waals surface area (Å²) in [5.74, 6) is 0. The molecule has 2 nitrogen and oxygen atoms in total. The summed E-state index contributed by atoms with van der Waals surface area (Å²) >= 11 is 0. The molecule has 4 aromatic carbocycles. The Labute approximate surface area is 188 Å². The lowest BCUT2D eigenvalue weighted by Gasteiger charge is -2.18. The standard InChI is InChI=1S/C30H22N2/c31-29-27(25-15-11-23(12-16-25)21-7-3-1-4-8-21)19-20-28(30(29)32)26-17-13-24(14-18-26)22-9-5-2-6-10-22/h1-20,31-32H. The molecular weight excluding hydrogens is 388 g/mol. The Hall–Kier alpha value is -4.30. The molecule has 32 heavy (non-hydrogen) atoms. The van der Waals surface area contributed by atoms with Gasteiger partial charge in [0.05, 0.1) is 11.4 Å². The van der Waals surface area contributed by atoms with E-state index in [2.05, 4.69) is 48.5 Å². The van der Waals surface area contributed by atoms with E-state index in [9.17, 15) is 0 Å². The van der Waals surface area contributed by atoms with Crippen molar-refractivity contribution < 1.29 is 0 Å². The second-order valence-corrected chi connectivity index (χ2v) is 7.80. The van der Waals surface area contributed by atoms with Crippen molar-refractivity contribution >= 4 is 22.6 Å². The third kappa shape index (κ3) is 3.75. The first-order valence-corrected chi connectivity index (χ1v) is 10.6. The van der Waals surface area contributed by atoms with Crippen molar-refractivity contribution in [3.05, 3.63) is 132 Å². The molecule has 0 saturated heterocycles. The molecule has 0 amide bonds. The van der Waals surface area contributed by atoms with Gasteiger partial charge in [-0.1, -0.05) is 121 Å². The normalized spacial score (nSPS) is 13.5. The van der Waals surface area contributed by atoms with Crippen LogP contribution in [0.3, 0.4) is 0 Å². The number of hydrogen-bond acceptors (Lipinski definition) is 2. The lowest BCUT2D eigenvalue weighted by atomic mass is 9.86. The predicted molar refractivity (Wildman–Crippen MR) is 135 cm³/mol. The quantitative estimate of drug-likeness (QED) is 0.327. The maximum absolute atomic E-state index is 8.63. The maximum atomic E-state index is 8.63. The predicted octanol–water partition coefficient (Wildman–Crippen LogP) is 7.54. The minimum Gasteiger partial charge on any atom is -0.298 e. The fraction of sp³-hybridized carbons (Fsp3) is 0. The second kappa shape index (κ2) is 8.44. The minimum absolute atomic E-state index is 0.252. The second-order valence-electron chi connectivity index (χ2n) is 7.80. The van der Waals surface area contributed by atoms with Gasteiger partial charge in [0.25, 0.3) is 0 Å². The van der Waals surface area contributed by atoms with E-state index in [1.165, 1.54) is 11.1 Å². The molecule has 0 aliphatic heterocycles. The molecule has 0 spiro atoms. The highest BCUT2D eigenvalue weighted by atomic mass is 14.5. The third-order valence-electron chi connectivity index (χ3n) is 5.81. The van der Waals surface area contributed by atoms with Crippen LogP contribution >= 0.6 is 0 Å². The van der Waals surface area contributed by atoms with Gasteiger partial charge in [-0.2, -0.15) is 0 Å². The van der Waals surface area contributed by atoms with Gasteiger partial charge in [-0.25, -0.2) is 0 Å². The number of nitrogens with one attached hydrogen (secondary N) is 2. The van der Waals surface area contributed by atoms with Gasteiger partial charge < -0.3 is 0 Å². The van der Waals surface area contributed by atoms with Gasteiger partial charge in [0.1, 0.15) is 0 Å². The van der Waals surface area contributed by atoms with Crippen LogP contribution in [0.5, 0.6) is 0 Å². The summed E-state index contributed by atoms with van der Waals surface area (Å²) < 4.78 is 0. The number of hydrogen-bond donors (Lipinski definition) is 2. The van der Waals surface area contributed by atoms with Gasteiger partial charge in [0.2, 0.25) is 0 Å². The Kier molecular flexibility index (Phi) is 5.19. The fourth-order valence-electron chi connectivity index (χ4n) is 4.03. The molecule has 5 rings (SSSR count). The number of rotatable bonds is 4. The summed E-state index contributed by atoms with van der Waals surface area (Å²) in [6, 6.07) is 36.9. The van der Waals surface area contributed by atoms with Crippen molar-refractivity contribution in [1.82, 2.24) is 0 Å². The van der Waals surface area contributed by atoms with Crippen molar-refractivity contribution in [1.29, 1.82) is 10.8 Å². The molecule has 0 fully saturated rings. The summed E-state index contributed by atoms with van der Waals surface area (Å²) in [6.45, 7) is 0. The van der Waals surface area contributed by atoms with E-state index in [1.807, 2.05) is 72.8 Å². The first-order chi connectivity index (χ1) is 15.7. The summed E-state index contributed by atoms with van der Waals surface area (Å²) in [6.07, 6.45) is 3.91. The molecule has 4 aromatic rings. The number of benzene rings is 4. The SMILES string of the molecule is N=C1C(=N)C(c2ccc(-c3ccccc3)cc2)=CC=C1c1ccc(-c2ccccc2)cc1. The van der Waals surface area contributed by atoms with E-state index < -0.39 is 0 Å². The molecule has 0 heterocycles. The first kappa shape index (κ1) is 19.7. The Balaban J connectivity index is 1.42. The fourth-order valence-corrected chi connectivity index (χ4v) is 4.03. The molecular formula is C30H22N2. The lowest BCUT2D eigenvalue weighted by Crippen LogP contribution is -2.18. The van der Waals surface area contributed by atoms with Crippen LogP contribution in [0.25, 0.3) is 33.4 Å². The Morgan fingerprint density at radius 2 is 0.594 bits per heavy atom. The zero-order valence-corrected chi connectivity index (χ0v) is 17.5. The van der Waals surface area contributed by atoms with Crippen LogP contribution in [-0.4, -0.2) is 11.4 Å². The molecule has 0 atom stereocenters. The first-order valence-electron chi connectivity index (χ1n) is 10.6. The van der Waals surface area contributed by atoms with Crippen LogP contribution in [0.1, 0.15) is 11.1 Å². The van der Waals surface area contributed by atoms with E-state index >= 15 is 0 Å². The van der Waals surface area contributed by atoms with E-state index in [4.69, 9.17) is 10.8 Å². The van der Waals surface area contributed by atoms with Crippen LogP contribution in [0, 0.1) is 10.8 Å². The van der Waals surface area contributed by atoms with Crippen LogP contribution in [-0.2, 0) is 0 Å². The topological polar surface area (TPSA) is 47.7 Å². The number of allylic oxidation sites excluding steroid dienone is 4. The van der Waals surface area contributed by atoms with Gasteiger partial charge in [-0.05, 0) is 33.4 Å². The largest absolute Gasteiger partial charge is 0.298 e. The Bertz CT molecular complexity index is 1230. The molecule has 0 radical (unpaired) electrons. The average Bonchev–Trinajstić information content (AvgIpc) is 2.87. The highest BCUT2D eigenvalue weighted by Gasteiger charge is 2.21. The minimum atomic E-state index is 0.252. The Morgan fingerprint density at radius 1 is 0.312 bits per heavy atom. The summed E-state index contributed by atoms with van der Waals surface area (Å²) in [5.41, 5.74) is 8.58. The van der Waals surface area contributed by atoms with E-state index in [-0.39, 0.29) is 11.4 Å². The summed E-state index contributed by atoms with van der Waals surface area (Å²) in [7, 11) is 0. The molecule has 2 heteroatoms. The molecule has 0 aromatic heterocycles. The monoisotopic (exact) mass is 410 g/mol. The zero-order chi connectivity index (χ0) is 21.9. The van der Waals surface area contributed by atoms with Crippen molar-refractivity contribution in [2.75, 3.05) is 0 Å². The smallest absolute Gasteiger partial charge is 0.0873 e. The lowest BCUT2D eigenvalue weighted by molar-refractivity contribution is 1.48. The molecule has 0 saturated carbocycles. The van der Waals surface area contributed by atoms with Gasteiger partial charge in [0.15, 0.2) is 0 Å². The summed E-state index contributed by atoms with van der Waals surface area (Å²) in [4.78, 5) is 0. The highest BCUT2D eigenvalue weighted by molar-refractivity contribution is 6.68. The van der Waals surface area contributed by atoms with Gasteiger partial charge in [0, 0.05) is 11.1 Å². The van der Waals surface area contributed by atoms with Gasteiger partial charge >= 0.3 is 0 Å². The Morgan fingerprint density at radius 3 is 0.938 bits per heavy atom. The maximum Gasteiger partial charge on any atom is 0.0873 e. The van der Waals surface area contributed by atoms with E-state index in [0.717, 1.165) is 33.4 Å². The van der Waals surface area contributed by atoms with E-state index in [0.29, 0.717) is 0 Å². The molecule has 0 bridgehead atoms. The molecule has 2 N–H and O–H groups in total. The van der Waals surface area contributed by atoms with Gasteiger partial charge in [-0.3, -0.25) is 10.8 Å². The summed E-state index contributed by atoms with van der Waals surface area (Å²) in [5, 5.41) is 17.3. The molecule has 0 unspecified atom stereocenters. The third-order valence-corrected chi connectivity index (χ3v) is 5.81. The van der Waals surface area contributed by atoms with Crippen molar-refractivity contribution in [3.8, 4) is 22.3 Å². The van der Waals surface area contributed by atoms with Crippen molar-refractivity contribution in [2.45, 2.75) is 0 Å². The highest BCUT2D eigenvalue weighted by Crippen LogP contribution is 2.30. The van der Waals surface area contributed by atoms with Crippen LogP contribution < -0.4 is 0 Å². The van der Waals surface area contributed by atoms with Gasteiger partial charge in [-0.15, -0.1) is 0 Å². The molecule has 1 aliphatic carbocycles. The van der Waals surface area contributed by atoms with Crippen LogP contribution in [0.15, 0.2) is 121 Å². The zero-order valence-electron chi connectivity index (χ0n) is 17.5. The van der Waals surface area contributed by atoms with Crippen LogP contribution in [0.2, 0.25) is 0 Å². The molecule has 152 valence electrons. The van der Waals surface area contributed by atoms with Crippen molar-refractivity contribution in [2.24, 2.45) is 0 Å².